The summed E-state index contributed by atoms with van der Waals surface area (Å²) in [5.41, 5.74) is 0. The van der Waals surface area contributed by atoms with Crippen molar-refractivity contribution in [2.75, 3.05) is 19.8 Å². The molecule has 344 valence electrons. The summed E-state index contributed by atoms with van der Waals surface area (Å²) >= 11 is 0. The fourth-order valence-corrected chi connectivity index (χ4v) is 6.77. The predicted octanol–water partition coefficient (Wildman–Crippen LogP) is 16.9. The van der Waals surface area contributed by atoms with Gasteiger partial charge in [-0.05, 0) is 77.0 Å². The number of hydrogen-bond acceptors (Lipinski definition) is 5. The third-order valence-corrected chi connectivity index (χ3v) is 10.4. The molecule has 0 heterocycles. The SMILES string of the molecule is CC/C=C\C/C=C\C/C=C\C/C=C\CCC(=O)OCC(COCCCCCCCCCCCCCCCCCCCC)OC(=O)CCCCC/C=C\C/C=C\C/C=C\CC. The van der Waals surface area contributed by atoms with E-state index in [-0.39, 0.29) is 25.2 Å². The summed E-state index contributed by atoms with van der Waals surface area (Å²) in [7, 11) is 0. The molecule has 0 fully saturated rings. The van der Waals surface area contributed by atoms with Crippen LogP contribution in [0.25, 0.3) is 0 Å². The van der Waals surface area contributed by atoms with E-state index in [9.17, 15) is 9.59 Å². The fourth-order valence-electron chi connectivity index (χ4n) is 6.77. The van der Waals surface area contributed by atoms with E-state index in [0.29, 0.717) is 25.9 Å². The molecule has 0 aliphatic carbocycles. The maximum absolute atomic E-state index is 12.8. The lowest BCUT2D eigenvalue weighted by Crippen LogP contribution is -2.30. The van der Waals surface area contributed by atoms with Gasteiger partial charge in [0.2, 0.25) is 0 Å². The lowest BCUT2D eigenvalue weighted by molar-refractivity contribution is -0.162. The van der Waals surface area contributed by atoms with Gasteiger partial charge in [0.15, 0.2) is 6.10 Å². The first-order valence-corrected chi connectivity index (χ1v) is 25.1. The minimum Gasteiger partial charge on any atom is -0.462 e. The van der Waals surface area contributed by atoms with Gasteiger partial charge < -0.3 is 14.2 Å². The molecule has 0 aromatic heterocycles. The van der Waals surface area contributed by atoms with Gasteiger partial charge in [-0.2, -0.15) is 0 Å². The summed E-state index contributed by atoms with van der Waals surface area (Å²) in [6.07, 6.45) is 66.1. The van der Waals surface area contributed by atoms with Crippen LogP contribution in [-0.2, 0) is 23.8 Å². The van der Waals surface area contributed by atoms with E-state index < -0.39 is 6.10 Å². The van der Waals surface area contributed by atoms with Gasteiger partial charge in [-0.15, -0.1) is 0 Å². The quantitative estimate of drug-likeness (QED) is 0.0347. The van der Waals surface area contributed by atoms with Crippen molar-refractivity contribution in [1.29, 1.82) is 0 Å². The largest absolute Gasteiger partial charge is 0.462 e. The Labute approximate surface area is 371 Å². The molecule has 5 nitrogen and oxygen atoms in total. The first-order chi connectivity index (χ1) is 29.6. The highest BCUT2D eigenvalue weighted by atomic mass is 16.6. The van der Waals surface area contributed by atoms with Crippen molar-refractivity contribution >= 4 is 11.9 Å². The van der Waals surface area contributed by atoms with Gasteiger partial charge in [-0.3, -0.25) is 9.59 Å². The number of esters is 2. The minimum absolute atomic E-state index is 0.0338. The molecule has 0 aliphatic rings. The molecule has 0 radical (unpaired) electrons. The number of hydrogen-bond donors (Lipinski definition) is 0. The lowest BCUT2D eigenvalue weighted by atomic mass is 10.0. The fraction of sp³-hybridized carbons (Fsp3) is 0.709. The highest BCUT2D eigenvalue weighted by molar-refractivity contribution is 5.70. The molecule has 0 spiro atoms. The second-order valence-electron chi connectivity index (χ2n) is 16.3. The maximum Gasteiger partial charge on any atom is 0.306 e. The van der Waals surface area contributed by atoms with Gasteiger partial charge in [0, 0.05) is 19.4 Å². The number of rotatable bonds is 45. The highest BCUT2D eigenvalue weighted by Gasteiger charge is 2.17. The maximum atomic E-state index is 12.8. The zero-order valence-electron chi connectivity index (χ0n) is 39.5. The molecule has 5 heteroatoms. The average molecular weight is 835 g/mol. The van der Waals surface area contributed by atoms with Crippen molar-refractivity contribution in [2.24, 2.45) is 0 Å². The normalized spacial score (nSPS) is 12.9. The first-order valence-electron chi connectivity index (χ1n) is 25.1. The molecule has 0 rings (SSSR count). The predicted molar refractivity (Wildman–Crippen MR) is 260 cm³/mol. The topological polar surface area (TPSA) is 61.8 Å². The minimum atomic E-state index is -0.581. The Morgan fingerprint density at radius 1 is 0.383 bits per heavy atom. The standard InChI is InChI=1S/C55H94O5/c1-4-7-10-13-16-19-22-25-26-27-28-29-32-35-38-41-44-47-50-58-51-53(60-55(57)49-46-43-40-37-34-31-24-21-18-15-12-9-6-3)52-59-54(56)48-45-42-39-36-33-30-23-20-17-14-11-8-5-2/h8-9,11-12,17-18,20-21,30-31,33-34,39,42,53H,4-7,10,13-16,19,22-29,32,35-38,40-41,43-52H2,1-3H3/b11-8-,12-9-,20-17-,21-18-,33-30-,34-31-,42-39-. The summed E-state index contributed by atoms with van der Waals surface area (Å²) in [4.78, 5) is 25.3. The van der Waals surface area contributed by atoms with Gasteiger partial charge in [-0.1, -0.05) is 221 Å². The van der Waals surface area contributed by atoms with Crippen molar-refractivity contribution in [3.8, 4) is 0 Å². The molecular weight excluding hydrogens is 741 g/mol. The Balaban J connectivity index is 4.34. The van der Waals surface area contributed by atoms with E-state index in [4.69, 9.17) is 14.2 Å². The number of carbonyl (C=O) groups excluding carboxylic acids is 2. The van der Waals surface area contributed by atoms with Crippen LogP contribution in [0.2, 0.25) is 0 Å². The smallest absolute Gasteiger partial charge is 0.306 e. The zero-order valence-corrected chi connectivity index (χ0v) is 39.5. The highest BCUT2D eigenvalue weighted by Crippen LogP contribution is 2.15. The van der Waals surface area contributed by atoms with Crippen molar-refractivity contribution in [3.63, 3.8) is 0 Å². The number of carbonyl (C=O) groups is 2. The Morgan fingerprint density at radius 2 is 0.783 bits per heavy atom. The molecule has 0 aromatic rings. The second kappa shape index (κ2) is 50.4. The summed E-state index contributed by atoms with van der Waals surface area (Å²) in [5.74, 6) is -0.524. The molecule has 1 unspecified atom stereocenters. The third-order valence-electron chi connectivity index (χ3n) is 10.4. The van der Waals surface area contributed by atoms with E-state index in [2.05, 4.69) is 99.8 Å². The molecular formula is C55H94O5. The van der Waals surface area contributed by atoms with Gasteiger partial charge in [-0.25, -0.2) is 0 Å². The summed E-state index contributed by atoms with van der Waals surface area (Å²) < 4.78 is 17.3. The molecule has 0 aliphatic heterocycles. The molecule has 0 saturated heterocycles. The second-order valence-corrected chi connectivity index (χ2v) is 16.3. The Hall–Kier alpha value is -2.92. The van der Waals surface area contributed by atoms with Crippen LogP contribution >= 0.6 is 0 Å². The molecule has 1 atom stereocenters. The summed E-state index contributed by atoms with van der Waals surface area (Å²) in [6, 6.07) is 0. The van der Waals surface area contributed by atoms with Crippen LogP contribution in [0.15, 0.2) is 85.1 Å². The summed E-state index contributed by atoms with van der Waals surface area (Å²) in [5, 5.41) is 0. The zero-order chi connectivity index (χ0) is 43.5. The van der Waals surface area contributed by atoms with Crippen LogP contribution < -0.4 is 0 Å². The van der Waals surface area contributed by atoms with E-state index in [1.54, 1.807) is 0 Å². The Morgan fingerprint density at radius 3 is 1.25 bits per heavy atom. The molecule has 0 saturated carbocycles. The van der Waals surface area contributed by atoms with E-state index in [1.807, 2.05) is 6.08 Å². The van der Waals surface area contributed by atoms with Gasteiger partial charge >= 0.3 is 11.9 Å². The number of unbranched alkanes of at least 4 members (excludes halogenated alkanes) is 20. The van der Waals surface area contributed by atoms with Gasteiger partial charge in [0.05, 0.1) is 6.61 Å². The Kier molecular flexibility index (Phi) is 48.0. The summed E-state index contributed by atoms with van der Waals surface area (Å²) in [6.45, 7) is 7.50. The van der Waals surface area contributed by atoms with Crippen LogP contribution in [0.1, 0.15) is 226 Å². The van der Waals surface area contributed by atoms with Crippen LogP contribution in [0.4, 0.5) is 0 Å². The molecule has 0 amide bonds. The number of allylic oxidation sites excluding steroid dienone is 14. The van der Waals surface area contributed by atoms with E-state index in [1.165, 1.54) is 103 Å². The Bertz CT molecular complexity index is 1130. The molecule has 0 aromatic carbocycles. The first kappa shape index (κ1) is 57.1. The van der Waals surface area contributed by atoms with Crippen molar-refractivity contribution < 1.29 is 23.8 Å². The molecule has 0 bridgehead atoms. The van der Waals surface area contributed by atoms with E-state index >= 15 is 0 Å². The van der Waals surface area contributed by atoms with Crippen LogP contribution in [0, 0.1) is 0 Å². The molecule has 0 N–H and O–H groups in total. The van der Waals surface area contributed by atoms with Crippen molar-refractivity contribution in [2.45, 2.75) is 232 Å². The van der Waals surface area contributed by atoms with Crippen molar-refractivity contribution in [1.82, 2.24) is 0 Å². The molecule has 60 heavy (non-hydrogen) atoms. The van der Waals surface area contributed by atoms with Crippen LogP contribution in [-0.4, -0.2) is 37.9 Å². The lowest BCUT2D eigenvalue weighted by Gasteiger charge is -2.18. The number of ether oxygens (including phenoxy) is 3. The van der Waals surface area contributed by atoms with Crippen LogP contribution in [0.3, 0.4) is 0 Å². The van der Waals surface area contributed by atoms with Crippen molar-refractivity contribution in [3.05, 3.63) is 85.1 Å². The van der Waals surface area contributed by atoms with Gasteiger partial charge in [0.1, 0.15) is 6.61 Å². The van der Waals surface area contributed by atoms with Gasteiger partial charge in [0.25, 0.3) is 0 Å². The third kappa shape index (κ3) is 47.8. The monoisotopic (exact) mass is 835 g/mol. The van der Waals surface area contributed by atoms with E-state index in [0.717, 1.165) is 83.5 Å². The van der Waals surface area contributed by atoms with Crippen LogP contribution in [0.5, 0.6) is 0 Å². The average Bonchev–Trinajstić information content (AvgIpc) is 3.25.